The molecule has 0 spiro atoms. The SMILES string of the molecule is Cn1ncc2c1CCC(=Cc1ccc(C(=O)O)cc1)C2=O. The van der Waals surface area contributed by atoms with E-state index in [9.17, 15) is 9.59 Å². The molecule has 0 aliphatic heterocycles. The van der Waals surface area contributed by atoms with Gasteiger partial charge >= 0.3 is 5.97 Å². The van der Waals surface area contributed by atoms with Gasteiger partial charge in [-0.15, -0.1) is 0 Å². The Hall–Kier alpha value is -2.69. The molecule has 3 rings (SSSR count). The molecule has 5 nitrogen and oxygen atoms in total. The molecule has 1 aromatic heterocycles. The van der Waals surface area contributed by atoms with Crippen molar-refractivity contribution in [1.29, 1.82) is 0 Å². The van der Waals surface area contributed by atoms with E-state index in [2.05, 4.69) is 5.10 Å². The van der Waals surface area contributed by atoms with Crippen LogP contribution in [-0.2, 0) is 13.5 Å². The second-order valence-corrected chi connectivity index (χ2v) is 5.05. The van der Waals surface area contributed by atoms with Crippen LogP contribution in [0, 0.1) is 0 Å². The standard InChI is InChI=1S/C16H14N2O3/c1-18-14-7-6-12(15(19)13(14)9-17-18)8-10-2-4-11(5-3-10)16(20)21/h2-5,8-9H,6-7H2,1H3,(H,20,21). The van der Waals surface area contributed by atoms with Crippen molar-refractivity contribution in [2.24, 2.45) is 7.05 Å². The monoisotopic (exact) mass is 282 g/mol. The van der Waals surface area contributed by atoms with Crippen LogP contribution >= 0.6 is 0 Å². The average Bonchev–Trinajstić information content (AvgIpc) is 2.85. The molecule has 1 heterocycles. The normalized spacial score (nSPS) is 16.0. The molecule has 5 heteroatoms. The minimum atomic E-state index is -0.956. The molecule has 106 valence electrons. The molecule has 0 unspecified atom stereocenters. The zero-order chi connectivity index (χ0) is 15.0. The first kappa shape index (κ1) is 13.3. The van der Waals surface area contributed by atoms with Crippen molar-refractivity contribution in [3.05, 3.63) is 58.4 Å². The van der Waals surface area contributed by atoms with Crippen LogP contribution in [-0.4, -0.2) is 26.6 Å². The van der Waals surface area contributed by atoms with E-state index in [-0.39, 0.29) is 11.3 Å². The first-order valence-corrected chi connectivity index (χ1v) is 6.66. The predicted molar refractivity (Wildman–Crippen MR) is 77.2 cm³/mol. The number of carboxylic acids is 1. The summed E-state index contributed by atoms with van der Waals surface area (Å²) in [5.41, 5.74) is 3.44. The third-order valence-corrected chi connectivity index (χ3v) is 3.73. The molecule has 1 aliphatic carbocycles. The number of rotatable bonds is 2. The van der Waals surface area contributed by atoms with E-state index in [1.165, 1.54) is 12.1 Å². The van der Waals surface area contributed by atoms with Crippen LogP contribution in [0.3, 0.4) is 0 Å². The summed E-state index contributed by atoms with van der Waals surface area (Å²) in [5, 5.41) is 13.0. The Morgan fingerprint density at radius 3 is 2.67 bits per heavy atom. The summed E-state index contributed by atoms with van der Waals surface area (Å²) in [7, 11) is 1.84. The fourth-order valence-corrected chi connectivity index (χ4v) is 2.55. The molecule has 0 radical (unpaired) electrons. The minimum absolute atomic E-state index is 0.00617. The van der Waals surface area contributed by atoms with E-state index in [1.807, 2.05) is 13.1 Å². The molecule has 0 saturated heterocycles. The van der Waals surface area contributed by atoms with Crippen LogP contribution in [0.25, 0.3) is 6.08 Å². The summed E-state index contributed by atoms with van der Waals surface area (Å²) in [4.78, 5) is 23.2. The van der Waals surface area contributed by atoms with Crippen LogP contribution in [0.5, 0.6) is 0 Å². The van der Waals surface area contributed by atoms with Gasteiger partial charge in [0, 0.05) is 18.3 Å². The zero-order valence-corrected chi connectivity index (χ0v) is 11.5. The Morgan fingerprint density at radius 2 is 2.00 bits per heavy atom. The number of allylic oxidation sites excluding steroid dienone is 1. The van der Waals surface area contributed by atoms with Gasteiger partial charge in [-0.1, -0.05) is 12.1 Å². The van der Waals surface area contributed by atoms with Gasteiger partial charge in [0.25, 0.3) is 0 Å². The summed E-state index contributed by atoms with van der Waals surface area (Å²) >= 11 is 0. The summed E-state index contributed by atoms with van der Waals surface area (Å²) in [6, 6.07) is 6.50. The Morgan fingerprint density at radius 1 is 1.29 bits per heavy atom. The van der Waals surface area contributed by atoms with E-state index in [0.29, 0.717) is 12.0 Å². The third-order valence-electron chi connectivity index (χ3n) is 3.73. The Labute approximate surface area is 121 Å². The number of carboxylic acid groups (broad SMARTS) is 1. The predicted octanol–water partition coefficient (Wildman–Crippen LogP) is 2.33. The second kappa shape index (κ2) is 5.01. The van der Waals surface area contributed by atoms with Crippen molar-refractivity contribution in [2.75, 3.05) is 0 Å². The molecule has 0 atom stereocenters. The summed E-state index contributed by atoms with van der Waals surface area (Å²) in [5.74, 6) is -0.949. The van der Waals surface area contributed by atoms with E-state index in [4.69, 9.17) is 5.11 Å². The molecule has 1 aromatic carbocycles. The lowest BCUT2D eigenvalue weighted by Gasteiger charge is -2.14. The van der Waals surface area contributed by atoms with E-state index in [1.54, 1.807) is 23.0 Å². The minimum Gasteiger partial charge on any atom is -0.478 e. The molecule has 1 N–H and O–H groups in total. The summed E-state index contributed by atoms with van der Waals surface area (Å²) in [6.45, 7) is 0. The lowest BCUT2D eigenvalue weighted by Crippen LogP contribution is -2.14. The van der Waals surface area contributed by atoms with Crippen molar-refractivity contribution < 1.29 is 14.7 Å². The number of carbonyl (C=O) groups is 2. The lowest BCUT2D eigenvalue weighted by atomic mass is 9.90. The number of hydrogen-bond donors (Lipinski definition) is 1. The molecule has 0 amide bonds. The lowest BCUT2D eigenvalue weighted by molar-refractivity contribution is 0.0696. The highest BCUT2D eigenvalue weighted by Gasteiger charge is 2.24. The van der Waals surface area contributed by atoms with Gasteiger partial charge in [-0.2, -0.15) is 5.10 Å². The maximum atomic E-state index is 12.4. The molecule has 1 aliphatic rings. The fourth-order valence-electron chi connectivity index (χ4n) is 2.55. The number of aromatic carboxylic acids is 1. The summed E-state index contributed by atoms with van der Waals surface area (Å²) in [6.07, 6.45) is 4.89. The smallest absolute Gasteiger partial charge is 0.335 e. The number of carbonyl (C=O) groups excluding carboxylic acids is 1. The number of nitrogens with zero attached hydrogens (tertiary/aromatic N) is 2. The van der Waals surface area contributed by atoms with Crippen LogP contribution in [0.4, 0.5) is 0 Å². The van der Waals surface area contributed by atoms with Gasteiger partial charge in [-0.3, -0.25) is 9.48 Å². The maximum Gasteiger partial charge on any atom is 0.335 e. The molecule has 0 fully saturated rings. The maximum absolute atomic E-state index is 12.4. The van der Waals surface area contributed by atoms with Gasteiger partial charge < -0.3 is 5.11 Å². The average molecular weight is 282 g/mol. The Balaban J connectivity index is 1.91. The number of hydrogen-bond acceptors (Lipinski definition) is 3. The number of aromatic nitrogens is 2. The number of benzene rings is 1. The van der Waals surface area contributed by atoms with Crippen molar-refractivity contribution in [3.8, 4) is 0 Å². The summed E-state index contributed by atoms with van der Waals surface area (Å²) < 4.78 is 1.74. The molecular formula is C16H14N2O3. The van der Waals surface area contributed by atoms with Gasteiger partial charge in [0.2, 0.25) is 0 Å². The third kappa shape index (κ3) is 2.38. The number of aryl methyl sites for hydroxylation is 1. The molecular weight excluding hydrogens is 268 g/mol. The highest BCUT2D eigenvalue weighted by atomic mass is 16.4. The highest BCUT2D eigenvalue weighted by Crippen LogP contribution is 2.26. The fraction of sp³-hybridized carbons (Fsp3) is 0.188. The van der Waals surface area contributed by atoms with Crippen molar-refractivity contribution in [1.82, 2.24) is 9.78 Å². The molecule has 0 bridgehead atoms. The van der Waals surface area contributed by atoms with Crippen LogP contribution in [0.2, 0.25) is 0 Å². The zero-order valence-electron chi connectivity index (χ0n) is 11.5. The second-order valence-electron chi connectivity index (χ2n) is 5.05. The van der Waals surface area contributed by atoms with Crippen molar-refractivity contribution in [3.63, 3.8) is 0 Å². The topological polar surface area (TPSA) is 72.2 Å². The van der Waals surface area contributed by atoms with Gasteiger partial charge in [0.1, 0.15) is 0 Å². The number of fused-ring (bicyclic) bond motifs is 1. The first-order chi connectivity index (χ1) is 10.1. The highest BCUT2D eigenvalue weighted by molar-refractivity contribution is 6.12. The number of ketones is 1. The Bertz CT molecular complexity index is 754. The number of Topliss-reactive ketones (excluding diaryl/α,β-unsaturated/α-hetero) is 1. The first-order valence-electron chi connectivity index (χ1n) is 6.66. The van der Waals surface area contributed by atoms with Crippen LogP contribution in [0.15, 0.2) is 36.0 Å². The quantitative estimate of drug-likeness (QED) is 0.858. The van der Waals surface area contributed by atoms with Gasteiger partial charge in [-0.05, 0) is 36.6 Å². The van der Waals surface area contributed by atoms with Gasteiger partial charge in [-0.25, -0.2) is 4.79 Å². The van der Waals surface area contributed by atoms with Gasteiger partial charge in [0.05, 0.1) is 17.3 Å². The molecule has 0 saturated carbocycles. The van der Waals surface area contributed by atoms with Crippen molar-refractivity contribution in [2.45, 2.75) is 12.8 Å². The van der Waals surface area contributed by atoms with E-state index < -0.39 is 5.97 Å². The van der Waals surface area contributed by atoms with Crippen molar-refractivity contribution >= 4 is 17.8 Å². The van der Waals surface area contributed by atoms with Crippen LogP contribution < -0.4 is 0 Å². The van der Waals surface area contributed by atoms with E-state index >= 15 is 0 Å². The van der Waals surface area contributed by atoms with Crippen LogP contribution in [0.1, 0.15) is 38.4 Å². The molecule has 21 heavy (non-hydrogen) atoms. The Kier molecular flexibility index (Phi) is 3.17. The van der Waals surface area contributed by atoms with E-state index in [0.717, 1.165) is 23.3 Å². The largest absolute Gasteiger partial charge is 0.478 e. The molecule has 2 aromatic rings. The van der Waals surface area contributed by atoms with Gasteiger partial charge in [0.15, 0.2) is 5.78 Å².